The van der Waals surface area contributed by atoms with Crippen LogP contribution < -0.4 is 0 Å². The molecule has 0 aromatic heterocycles. The van der Waals surface area contributed by atoms with Crippen LogP contribution in [0.1, 0.15) is 32.1 Å². The van der Waals surface area contributed by atoms with Crippen LogP contribution in [0.4, 0.5) is 8.78 Å². The summed E-state index contributed by atoms with van der Waals surface area (Å²) in [5.74, 6) is 1.26. The molecule has 74 valence electrons. The molecule has 0 amide bonds. The van der Waals surface area contributed by atoms with E-state index in [9.17, 15) is 8.78 Å². The summed E-state index contributed by atoms with van der Waals surface area (Å²) < 4.78 is 26.8. The van der Waals surface area contributed by atoms with Gasteiger partial charge in [-0.1, -0.05) is 12.8 Å². The summed E-state index contributed by atoms with van der Waals surface area (Å²) in [6.45, 7) is 0. The van der Waals surface area contributed by atoms with Crippen molar-refractivity contribution < 1.29 is 8.78 Å². The molecule has 0 nitrogen and oxygen atoms in total. The Hall–Kier alpha value is -0.140. The summed E-state index contributed by atoms with van der Waals surface area (Å²) >= 11 is 0. The summed E-state index contributed by atoms with van der Waals surface area (Å²) in [6, 6.07) is 0. The van der Waals surface area contributed by atoms with Gasteiger partial charge >= 0.3 is 0 Å². The highest BCUT2D eigenvalue weighted by Gasteiger charge is 2.58. The van der Waals surface area contributed by atoms with Crippen molar-refractivity contribution in [2.24, 2.45) is 23.7 Å². The smallest absolute Gasteiger partial charge is 0.135 e. The summed E-state index contributed by atoms with van der Waals surface area (Å²) in [6.07, 6.45) is 3.42. The largest absolute Gasteiger partial charge is 0.244 e. The lowest BCUT2D eigenvalue weighted by molar-refractivity contribution is 0.0191. The minimum absolute atomic E-state index is 0.0882. The molecule has 3 aliphatic rings. The molecule has 3 saturated carbocycles. The Bertz CT molecular complexity index is 190. The van der Waals surface area contributed by atoms with Gasteiger partial charge in [0.2, 0.25) is 0 Å². The quantitative estimate of drug-likeness (QED) is 0.545. The van der Waals surface area contributed by atoms with Crippen molar-refractivity contribution in [1.29, 1.82) is 0 Å². The van der Waals surface area contributed by atoms with E-state index in [1.165, 1.54) is 25.7 Å². The van der Waals surface area contributed by atoms with Gasteiger partial charge in [0.05, 0.1) is 0 Å². The van der Waals surface area contributed by atoms with Crippen molar-refractivity contribution in [1.82, 2.24) is 0 Å². The fourth-order valence-corrected chi connectivity index (χ4v) is 4.12. The molecule has 0 radical (unpaired) electrons. The van der Waals surface area contributed by atoms with E-state index in [1.807, 2.05) is 0 Å². The molecule has 0 N–H and O–H groups in total. The first-order valence-electron chi connectivity index (χ1n) is 5.57. The van der Waals surface area contributed by atoms with E-state index < -0.39 is 12.3 Å². The van der Waals surface area contributed by atoms with Gasteiger partial charge in [-0.15, -0.1) is 0 Å². The predicted molar refractivity (Wildman–Crippen MR) is 46.8 cm³/mol. The Labute approximate surface area is 77.7 Å². The molecular formula is C11H16F2. The van der Waals surface area contributed by atoms with Gasteiger partial charge in [0.1, 0.15) is 12.3 Å². The second-order valence-corrected chi connectivity index (χ2v) is 5.06. The highest BCUT2D eigenvalue weighted by Crippen LogP contribution is 2.59. The van der Waals surface area contributed by atoms with Crippen molar-refractivity contribution in [2.75, 3.05) is 0 Å². The predicted octanol–water partition coefficient (Wildman–Crippen LogP) is 3.12. The first-order chi connectivity index (χ1) is 6.29. The molecule has 6 unspecified atom stereocenters. The van der Waals surface area contributed by atoms with Crippen LogP contribution in [-0.4, -0.2) is 12.3 Å². The molecule has 0 saturated heterocycles. The van der Waals surface area contributed by atoms with Crippen LogP contribution in [0.15, 0.2) is 0 Å². The third-order valence-electron chi connectivity index (χ3n) is 4.64. The summed E-state index contributed by atoms with van der Waals surface area (Å²) in [4.78, 5) is 0. The maximum absolute atomic E-state index is 13.4. The van der Waals surface area contributed by atoms with Gasteiger partial charge in [-0.25, -0.2) is 8.78 Å². The molecule has 3 rings (SSSR count). The lowest BCUT2D eigenvalue weighted by atomic mass is 9.70. The second-order valence-electron chi connectivity index (χ2n) is 5.06. The number of hydrogen-bond acceptors (Lipinski definition) is 0. The Kier molecular flexibility index (Phi) is 1.69. The standard InChI is InChI=1S/C11H16F2/c12-10-8-5-9(11(10)13)7-4-2-1-3-6(7)8/h6-11H,1-5H2. The van der Waals surface area contributed by atoms with Gasteiger partial charge in [0.15, 0.2) is 0 Å². The summed E-state index contributed by atoms with van der Waals surface area (Å²) in [5, 5.41) is 0. The average Bonchev–Trinajstić information content (AvgIpc) is 2.66. The van der Waals surface area contributed by atoms with Crippen LogP contribution in [-0.2, 0) is 0 Å². The Morgan fingerprint density at radius 1 is 0.692 bits per heavy atom. The molecular weight excluding hydrogens is 170 g/mol. The van der Waals surface area contributed by atoms with E-state index in [1.54, 1.807) is 0 Å². The van der Waals surface area contributed by atoms with Crippen molar-refractivity contribution in [3.63, 3.8) is 0 Å². The third kappa shape index (κ3) is 0.949. The molecule has 3 aliphatic carbocycles. The van der Waals surface area contributed by atoms with E-state index in [0.717, 1.165) is 6.42 Å². The zero-order valence-electron chi connectivity index (χ0n) is 7.76. The highest BCUT2D eigenvalue weighted by atomic mass is 19.2. The molecule has 0 aromatic rings. The molecule has 2 heteroatoms. The third-order valence-corrected chi connectivity index (χ3v) is 4.64. The first kappa shape index (κ1) is 8.19. The van der Waals surface area contributed by atoms with Crippen LogP contribution in [0.5, 0.6) is 0 Å². The Balaban J connectivity index is 1.86. The number of fused-ring (bicyclic) bond motifs is 5. The maximum atomic E-state index is 13.4. The van der Waals surface area contributed by atoms with E-state index >= 15 is 0 Å². The summed E-state index contributed by atoms with van der Waals surface area (Å²) in [7, 11) is 0. The first-order valence-corrected chi connectivity index (χ1v) is 5.57. The molecule has 6 atom stereocenters. The topological polar surface area (TPSA) is 0 Å². The summed E-state index contributed by atoms with van der Waals surface area (Å²) in [5.41, 5.74) is 0. The minimum atomic E-state index is -1.12. The van der Waals surface area contributed by atoms with Gasteiger partial charge < -0.3 is 0 Å². The zero-order chi connectivity index (χ0) is 9.00. The zero-order valence-corrected chi connectivity index (χ0v) is 7.76. The molecule has 13 heavy (non-hydrogen) atoms. The second kappa shape index (κ2) is 2.68. The van der Waals surface area contributed by atoms with Crippen molar-refractivity contribution in [2.45, 2.75) is 44.4 Å². The number of halogens is 2. The Morgan fingerprint density at radius 2 is 1.15 bits per heavy atom. The van der Waals surface area contributed by atoms with E-state index in [-0.39, 0.29) is 11.8 Å². The molecule has 0 aromatic carbocycles. The number of hydrogen-bond donors (Lipinski definition) is 0. The number of alkyl halides is 2. The highest BCUT2D eigenvalue weighted by molar-refractivity contribution is 5.06. The van der Waals surface area contributed by atoms with E-state index in [0.29, 0.717) is 11.8 Å². The van der Waals surface area contributed by atoms with Crippen LogP contribution in [0.2, 0.25) is 0 Å². The molecule has 3 fully saturated rings. The van der Waals surface area contributed by atoms with Gasteiger partial charge in [0, 0.05) is 0 Å². The van der Waals surface area contributed by atoms with Crippen LogP contribution >= 0.6 is 0 Å². The van der Waals surface area contributed by atoms with Gasteiger partial charge in [0.25, 0.3) is 0 Å². The van der Waals surface area contributed by atoms with Gasteiger partial charge in [-0.2, -0.15) is 0 Å². The fraction of sp³-hybridized carbons (Fsp3) is 1.00. The monoisotopic (exact) mass is 186 g/mol. The average molecular weight is 186 g/mol. The molecule has 0 aliphatic heterocycles. The number of rotatable bonds is 0. The normalized spacial score (nSPS) is 59.5. The van der Waals surface area contributed by atoms with Gasteiger partial charge in [-0.05, 0) is 42.9 Å². The van der Waals surface area contributed by atoms with Crippen molar-refractivity contribution in [3.05, 3.63) is 0 Å². The lowest BCUT2D eigenvalue weighted by Gasteiger charge is -2.38. The Morgan fingerprint density at radius 3 is 1.62 bits per heavy atom. The van der Waals surface area contributed by atoms with E-state index in [4.69, 9.17) is 0 Å². The van der Waals surface area contributed by atoms with Crippen LogP contribution in [0.25, 0.3) is 0 Å². The minimum Gasteiger partial charge on any atom is -0.244 e. The van der Waals surface area contributed by atoms with Gasteiger partial charge in [-0.3, -0.25) is 0 Å². The van der Waals surface area contributed by atoms with Crippen LogP contribution in [0, 0.1) is 23.7 Å². The SMILES string of the molecule is FC1C(F)C2CC1C1CCCCC21. The lowest BCUT2D eigenvalue weighted by Crippen LogP contribution is -2.38. The molecule has 0 spiro atoms. The van der Waals surface area contributed by atoms with E-state index in [2.05, 4.69) is 0 Å². The molecule has 2 bridgehead atoms. The molecule has 0 heterocycles. The van der Waals surface area contributed by atoms with Crippen LogP contribution in [0.3, 0.4) is 0 Å². The van der Waals surface area contributed by atoms with Crippen molar-refractivity contribution in [3.8, 4) is 0 Å². The maximum Gasteiger partial charge on any atom is 0.135 e. The van der Waals surface area contributed by atoms with Crippen molar-refractivity contribution >= 4 is 0 Å². The fourth-order valence-electron chi connectivity index (χ4n) is 4.12.